The number of methoxy groups -OCH3 is 5. The highest BCUT2D eigenvalue weighted by atomic mass is 32.2. The van der Waals surface area contributed by atoms with E-state index in [2.05, 4.69) is 5.32 Å². The average molecular weight is 517 g/mol. The van der Waals surface area contributed by atoms with Crippen molar-refractivity contribution < 1.29 is 33.2 Å². The molecule has 2 aromatic rings. The lowest BCUT2D eigenvalue weighted by Gasteiger charge is -2.26. The number of carbonyl (C=O) groups is 1. The Morgan fingerprint density at radius 2 is 1.61 bits per heavy atom. The maximum absolute atomic E-state index is 13.0. The van der Waals surface area contributed by atoms with Gasteiger partial charge in [-0.15, -0.1) is 0 Å². The predicted octanol–water partition coefficient (Wildman–Crippen LogP) is 4.50. The number of esters is 1. The highest BCUT2D eigenvalue weighted by molar-refractivity contribution is 8.13. The quantitative estimate of drug-likeness (QED) is 0.458. The third kappa shape index (κ3) is 5.81. The van der Waals surface area contributed by atoms with E-state index in [1.54, 1.807) is 54.6 Å². The Kier molecular flexibility index (Phi) is 9.35. The summed E-state index contributed by atoms with van der Waals surface area (Å²) in [4.78, 5) is 17.8. The highest BCUT2D eigenvalue weighted by Crippen LogP contribution is 2.43. The van der Waals surface area contributed by atoms with Crippen molar-refractivity contribution >= 4 is 22.9 Å². The van der Waals surface area contributed by atoms with E-state index in [0.717, 1.165) is 17.1 Å². The fourth-order valence-corrected chi connectivity index (χ4v) is 4.76. The van der Waals surface area contributed by atoms with Crippen LogP contribution in [0.25, 0.3) is 0 Å². The number of allylic oxidation sites excluding steroid dienone is 1. The van der Waals surface area contributed by atoms with Gasteiger partial charge in [-0.2, -0.15) is 0 Å². The van der Waals surface area contributed by atoms with E-state index in [1.165, 1.54) is 11.8 Å². The van der Waals surface area contributed by atoms with Gasteiger partial charge in [-0.3, -0.25) is 0 Å². The molecule has 0 fully saturated rings. The topological polar surface area (TPSA) is 96.8 Å². The molecule has 0 spiro atoms. The van der Waals surface area contributed by atoms with Crippen LogP contribution in [0.15, 0.2) is 46.6 Å². The molecule has 1 heterocycles. The molecule has 1 aliphatic rings. The van der Waals surface area contributed by atoms with Gasteiger partial charge in [0.15, 0.2) is 16.7 Å². The third-order valence-corrected chi connectivity index (χ3v) is 6.50. The van der Waals surface area contributed by atoms with E-state index < -0.39 is 12.0 Å². The van der Waals surface area contributed by atoms with Crippen LogP contribution in [-0.2, 0) is 15.3 Å². The SMILES string of the molecule is CCOC(=O)C1=C(C)NC(SCc2cc(OC)ccc2OC)=N[C@H]1c1cc(OC)c(OC)c(OC)c1. The van der Waals surface area contributed by atoms with Crippen LogP contribution in [0.5, 0.6) is 28.7 Å². The van der Waals surface area contributed by atoms with E-state index in [-0.39, 0.29) is 6.61 Å². The van der Waals surface area contributed by atoms with Crippen LogP contribution in [0.2, 0.25) is 0 Å². The van der Waals surface area contributed by atoms with Crippen LogP contribution in [0, 0.1) is 0 Å². The van der Waals surface area contributed by atoms with E-state index in [9.17, 15) is 4.79 Å². The zero-order valence-corrected chi connectivity index (χ0v) is 22.4. The largest absolute Gasteiger partial charge is 0.497 e. The summed E-state index contributed by atoms with van der Waals surface area (Å²) >= 11 is 1.49. The second-order valence-electron chi connectivity index (χ2n) is 7.65. The Balaban J connectivity index is 2.02. The van der Waals surface area contributed by atoms with Crippen LogP contribution in [0.3, 0.4) is 0 Å². The molecule has 0 bridgehead atoms. The second kappa shape index (κ2) is 12.4. The molecule has 0 aromatic heterocycles. The molecule has 0 saturated carbocycles. The van der Waals surface area contributed by atoms with Crippen LogP contribution >= 0.6 is 11.8 Å². The molecule has 9 nitrogen and oxygen atoms in total. The van der Waals surface area contributed by atoms with E-state index in [4.69, 9.17) is 33.4 Å². The summed E-state index contributed by atoms with van der Waals surface area (Å²) in [5, 5.41) is 3.90. The summed E-state index contributed by atoms with van der Waals surface area (Å²) in [7, 11) is 7.88. The van der Waals surface area contributed by atoms with Gasteiger partial charge in [-0.1, -0.05) is 11.8 Å². The summed E-state index contributed by atoms with van der Waals surface area (Å²) in [6, 6.07) is 8.59. The first-order valence-corrected chi connectivity index (χ1v) is 12.2. The molecule has 0 saturated heterocycles. The maximum atomic E-state index is 13.0. The van der Waals surface area contributed by atoms with Crippen molar-refractivity contribution in [3.8, 4) is 28.7 Å². The predicted molar refractivity (Wildman–Crippen MR) is 140 cm³/mol. The summed E-state index contributed by atoms with van der Waals surface area (Å²) < 4.78 is 32.7. The van der Waals surface area contributed by atoms with Gasteiger partial charge in [0.05, 0.1) is 47.7 Å². The van der Waals surface area contributed by atoms with E-state index in [0.29, 0.717) is 45.0 Å². The molecule has 36 heavy (non-hydrogen) atoms. The molecular formula is C26H32N2O7S. The number of nitrogens with zero attached hydrogens (tertiary/aromatic N) is 1. The first-order chi connectivity index (χ1) is 17.4. The Morgan fingerprint density at radius 1 is 0.944 bits per heavy atom. The Labute approximate surface area is 215 Å². The minimum absolute atomic E-state index is 0.249. The van der Waals surface area contributed by atoms with Crippen molar-refractivity contribution in [2.24, 2.45) is 4.99 Å². The molecule has 2 aromatic carbocycles. The highest BCUT2D eigenvalue weighted by Gasteiger charge is 2.32. The summed E-state index contributed by atoms with van der Waals surface area (Å²) in [5.41, 5.74) is 2.72. The van der Waals surface area contributed by atoms with Gasteiger partial charge in [0, 0.05) is 17.0 Å². The van der Waals surface area contributed by atoms with Gasteiger partial charge in [-0.05, 0) is 49.7 Å². The smallest absolute Gasteiger partial charge is 0.338 e. The van der Waals surface area contributed by atoms with Crippen molar-refractivity contribution in [3.05, 3.63) is 52.7 Å². The Morgan fingerprint density at radius 3 is 2.17 bits per heavy atom. The molecule has 0 aliphatic carbocycles. The van der Waals surface area contributed by atoms with Crippen LogP contribution in [0.4, 0.5) is 0 Å². The van der Waals surface area contributed by atoms with Crippen molar-refractivity contribution in [3.63, 3.8) is 0 Å². The molecule has 1 atom stereocenters. The van der Waals surface area contributed by atoms with Crippen LogP contribution in [0.1, 0.15) is 31.0 Å². The molecular weight excluding hydrogens is 484 g/mol. The summed E-state index contributed by atoms with van der Waals surface area (Å²) in [5.74, 6) is 3.01. The number of carbonyl (C=O) groups excluding carboxylic acids is 1. The van der Waals surface area contributed by atoms with Gasteiger partial charge >= 0.3 is 5.97 Å². The summed E-state index contributed by atoms with van der Waals surface area (Å²) in [6.45, 7) is 3.85. The number of nitrogens with one attached hydrogen (secondary N) is 1. The van der Waals surface area contributed by atoms with Gasteiger partial charge in [0.2, 0.25) is 5.75 Å². The molecule has 0 radical (unpaired) electrons. The molecule has 1 aliphatic heterocycles. The molecule has 3 rings (SSSR count). The zero-order chi connectivity index (χ0) is 26.2. The van der Waals surface area contributed by atoms with Gasteiger partial charge in [-0.25, -0.2) is 9.79 Å². The van der Waals surface area contributed by atoms with Gasteiger partial charge in [0.25, 0.3) is 0 Å². The number of hydrogen-bond donors (Lipinski definition) is 1. The Hall–Kier alpha value is -3.53. The fraction of sp³-hybridized carbons (Fsp3) is 0.385. The lowest BCUT2D eigenvalue weighted by molar-refractivity contribution is -0.138. The first-order valence-electron chi connectivity index (χ1n) is 11.3. The molecule has 0 amide bonds. The monoisotopic (exact) mass is 516 g/mol. The minimum atomic E-state index is -0.645. The molecule has 194 valence electrons. The molecule has 0 unspecified atom stereocenters. The maximum Gasteiger partial charge on any atom is 0.338 e. The summed E-state index contributed by atoms with van der Waals surface area (Å²) in [6.07, 6.45) is 0. The van der Waals surface area contributed by atoms with Crippen LogP contribution in [-0.4, -0.2) is 53.3 Å². The molecule has 10 heteroatoms. The average Bonchev–Trinajstić information content (AvgIpc) is 2.90. The zero-order valence-electron chi connectivity index (χ0n) is 21.6. The number of rotatable bonds is 10. The van der Waals surface area contributed by atoms with E-state index in [1.807, 2.05) is 25.1 Å². The second-order valence-corrected chi connectivity index (χ2v) is 8.61. The third-order valence-electron chi connectivity index (χ3n) is 5.57. The first kappa shape index (κ1) is 27.1. The van der Waals surface area contributed by atoms with Gasteiger partial charge < -0.3 is 33.7 Å². The lowest BCUT2D eigenvalue weighted by Crippen LogP contribution is -2.30. The van der Waals surface area contributed by atoms with Crippen molar-refractivity contribution in [2.75, 3.05) is 42.2 Å². The number of thioether (sulfide) groups is 1. The number of aliphatic imine (C=N–C) groups is 1. The van der Waals surface area contributed by atoms with Gasteiger partial charge in [0.1, 0.15) is 17.5 Å². The van der Waals surface area contributed by atoms with E-state index >= 15 is 0 Å². The molecule has 1 N–H and O–H groups in total. The van der Waals surface area contributed by atoms with Crippen molar-refractivity contribution in [2.45, 2.75) is 25.6 Å². The minimum Gasteiger partial charge on any atom is -0.497 e. The Bertz CT molecular complexity index is 1140. The van der Waals surface area contributed by atoms with Crippen molar-refractivity contribution in [1.29, 1.82) is 0 Å². The number of ether oxygens (including phenoxy) is 6. The number of hydrogen-bond acceptors (Lipinski definition) is 10. The standard InChI is InChI=1S/C26H32N2O7S/c1-8-35-25(29)22-15(2)27-26(36-14-17-11-18(30-3)9-10-19(17)31-4)28-23(22)16-12-20(32-5)24(34-7)21(13-16)33-6/h9-13,23H,8,14H2,1-7H3,(H,27,28)/t23-/m0/s1. The van der Waals surface area contributed by atoms with Crippen LogP contribution < -0.4 is 29.0 Å². The normalized spacial score (nSPS) is 15.0. The van der Waals surface area contributed by atoms with Crippen molar-refractivity contribution in [1.82, 2.24) is 5.32 Å². The fourth-order valence-electron chi connectivity index (χ4n) is 3.84. The number of amidine groups is 1. The number of benzene rings is 2. The lowest BCUT2D eigenvalue weighted by atomic mass is 9.96.